The van der Waals surface area contributed by atoms with Crippen LogP contribution in [0.3, 0.4) is 0 Å². The second kappa shape index (κ2) is 6.15. The van der Waals surface area contributed by atoms with Gasteiger partial charge in [0.2, 0.25) is 0 Å². The van der Waals surface area contributed by atoms with Crippen LogP contribution >= 0.6 is 0 Å². The van der Waals surface area contributed by atoms with Crippen LogP contribution < -0.4 is 9.80 Å². The smallest absolute Gasteiger partial charge is 0.356 e. The number of rotatable bonds is 3. The molecule has 0 radical (unpaired) electrons. The molecule has 0 spiro atoms. The number of anilines is 2. The van der Waals surface area contributed by atoms with E-state index in [1.807, 2.05) is 4.90 Å². The van der Waals surface area contributed by atoms with Gasteiger partial charge in [0.1, 0.15) is 17.5 Å². The van der Waals surface area contributed by atoms with E-state index in [4.69, 9.17) is 5.11 Å². The van der Waals surface area contributed by atoms with Crippen molar-refractivity contribution in [2.24, 2.45) is 0 Å². The van der Waals surface area contributed by atoms with Crippen molar-refractivity contribution in [2.75, 3.05) is 36.0 Å². The number of carbonyl (C=O) groups is 1. The molecule has 6 nitrogen and oxygen atoms in total. The van der Waals surface area contributed by atoms with Crippen LogP contribution in [0.4, 0.5) is 20.3 Å². The zero-order valence-corrected chi connectivity index (χ0v) is 12.1. The molecule has 1 N–H and O–H groups in total. The first-order valence-electron chi connectivity index (χ1n) is 7.05. The highest BCUT2D eigenvalue weighted by molar-refractivity contribution is 5.84. The maximum absolute atomic E-state index is 13.8. The number of carboxylic acids is 1. The average molecular weight is 320 g/mol. The van der Waals surface area contributed by atoms with Gasteiger partial charge in [-0.05, 0) is 12.1 Å². The summed E-state index contributed by atoms with van der Waals surface area (Å²) in [6.07, 6.45) is 2.61. The summed E-state index contributed by atoms with van der Waals surface area (Å²) in [5.74, 6) is -1.49. The highest BCUT2D eigenvalue weighted by Crippen LogP contribution is 2.23. The van der Waals surface area contributed by atoms with Gasteiger partial charge in [-0.2, -0.15) is 0 Å². The van der Waals surface area contributed by atoms with Crippen molar-refractivity contribution >= 4 is 17.5 Å². The van der Waals surface area contributed by atoms with Crippen molar-refractivity contribution in [3.8, 4) is 0 Å². The van der Waals surface area contributed by atoms with Gasteiger partial charge in [0, 0.05) is 32.2 Å². The SMILES string of the molecule is O=C(O)c1cnc(N2CCN(c3cc(F)ccc3F)CC2)cn1. The molecule has 1 aliphatic rings. The van der Waals surface area contributed by atoms with Gasteiger partial charge in [-0.15, -0.1) is 0 Å². The molecule has 0 amide bonds. The van der Waals surface area contributed by atoms with E-state index in [-0.39, 0.29) is 11.4 Å². The third kappa shape index (κ3) is 3.20. The summed E-state index contributed by atoms with van der Waals surface area (Å²) in [4.78, 5) is 22.4. The van der Waals surface area contributed by atoms with Crippen LogP contribution in [-0.2, 0) is 0 Å². The van der Waals surface area contributed by atoms with E-state index in [0.717, 1.165) is 12.1 Å². The highest BCUT2D eigenvalue weighted by atomic mass is 19.1. The van der Waals surface area contributed by atoms with E-state index in [9.17, 15) is 13.6 Å². The highest BCUT2D eigenvalue weighted by Gasteiger charge is 2.21. The normalized spacial score (nSPS) is 14.9. The Kier molecular flexibility index (Phi) is 4.05. The number of hydrogen-bond acceptors (Lipinski definition) is 5. The van der Waals surface area contributed by atoms with Crippen molar-refractivity contribution < 1.29 is 18.7 Å². The van der Waals surface area contributed by atoms with Crippen LogP contribution in [0.1, 0.15) is 10.5 Å². The van der Waals surface area contributed by atoms with Crippen molar-refractivity contribution in [1.82, 2.24) is 9.97 Å². The first kappa shape index (κ1) is 15.1. The third-order valence-corrected chi connectivity index (χ3v) is 3.71. The summed E-state index contributed by atoms with van der Waals surface area (Å²) in [6.45, 7) is 2.11. The van der Waals surface area contributed by atoms with Crippen LogP contribution in [0.2, 0.25) is 0 Å². The fraction of sp³-hybridized carbons (Fsp3) is 0.267. The number of piperazine rings is 1. The van der Waals surface area contributed by atoms with Gasteiger partial charge in [-0.3, -0.25) is 0 Å². The molecule has 1 saturated heterocycles. The Morgan fingerprint density at radius 3 is 2.35 bits per heavy atom. The molecule has 23 heavy (non-hydrogen) atoms. The Bertz CT molecular complexity index is 716. The largest absolute Gasteiger partial charge is 0.476 e. The number of hydrogen-bond donors (Lipinski definition) is 1. The van der Waals surface area contributed by atoms with Crippen LogP contribution in [0.25, 0.3) is 0 Å². The lowest BCUT2D eigenvalue weighted by Gasteiger charge is -2.36. The maximum Gasteiger partial charge on any atom is 0.356 e. The van der Waals surface area contributed by atoms with E-state index < -0.39 is 17.6 Å². The summed E-state index contributed by atoms with van der Waals surface area (Å²) in [6, 6.07) is 3.40. The molecule has 1 aromatic heterocycles. The molecule has 1 aliphatic heterocycles. The number of aromatic nitrogens is 2. The number of aromatic carboxylic acids is 1. The van der Waals surface area contributed by atoms with Crippen LogP contribution in [0.15, 0.2) is 30.6 Å². The number of nitrogens with zero attached hydrogens (tertiary/aromatic N) is 4. The Morgan fingerprint density at radius 2 is 1.74 bits per heavy atom. The molecule has 2 heterocycles. The fourth-order valence-corrected chi connectivity index (χ4v) is 2.50. The lowest BCUT2D eigenvalue weighted by Crippen LogP contribution is -2.47. The van der Waals surface area contributed by atoms with E-state index in [0.29, 0.717) is 32.0 Å². The van der Waals surface area contributed by atoms with E-state index in [1.165, 1.54) is 18.5 Å². The van der Waals surface area contributed by atoms with E-state index in [1.54, 1.807) is 4.90 Å². The second-order valence-electron chi connectivity index (χ2n) is 5.13. The monoisotopic (exact) mass is 320 g/mol. The van der Waals surface area contributed by atoms with E-state index >= 15 is 0 Å². The molecule has 8 heteroatoms. The van der Waals surface area contributed by atoms with Gasteiger partial charge >= 0.3 is 5.97 Å². The predicted octanol–water partition coefficient (Wildman–Crippen LogP) is 1.78. The molecule has 3 rings (SSSR count). The first-order chi connectivity index (χ1) is 11.0. The zero-order chi connectivity index (χ0) is 16.4. The Labute approximate surface area is 131 Å². The van der Waals surface area contributed by atoms with Gasteiger partial charge in [0.25, 0.3) is 0 Å². The molecule has 0 saturated carbocycles. The predicted molar refractivity (Wildman–Crippen MR) is 79.8 cm³/mol. The van der Waals surface area contributed by atoms with Gasteiger partial charge < -0.3 is 14.9 Å². The molecular formula is C15H14F2N4O2. The van der Waals surface area contributed by atoms with Crippen LogP contribution in [-0.4, -0.2) is 47.2 Å². The summed E-state index contributed by atoms with van der Waals surface area (Å²) < 4.78 is 27.1. The summed E-state index contributed by atoms with van der Waals surface area (Å²) in [5.41, 5.74) is 0.131. The molecule has 0 unspecified atom stereocenters. The minimum absolute atomic E-state index is 0.116. The Balaban J connectivity index is 1.68. The standard InChI is InChI=1S/C15H14F2N4O2/c16-10-1-2-11(17)13(7-10)20-3-5-21(6-4-20)14-9-18-12(8-19-14)15(22)23/h1-2,7-9H,3-6H2,(H,22,23). The molecule has 120 valence electrons. The van der Waals surface area contributed by atoms with Crippen LogP contribution in [0.5, 0.6) is 0 Å². The van der Waals surface area contributed by atoms with Gasteiger partial charge in [0.05, 0.1) is 18.1 Å². The average Bonchev–Trinajstić information content (AvgIpc) is 2.57. The minimum Gasteiger partial charge on any atom is -0.476 e. The van der Waals surface area contributed by atoms with Crippen molar-refractivity contribution in [1.29, 1.82) is 0 Å². The molecule has 0 bridgehead atoms. The lowest BCUT2D eigenvalue weighted by molar-refractivity contribution is 0.0690. The number of halogens is 2. The summed E-state index contributed by atoms with van der Waals surface area (Å²) in [5, 5.41) is 8.81. The maximum atomic E-state index is 13.8. The molecular weight excluding hydrogens is 306 g/mol. The molecule has 2 aromatic rings. The Morgan fingerprint density at radius 1 is 1.04 bits per heavy atom. The minimum atomic E-state index is -1.13. The Hall–Kier alpha value is -2.77. The molecule has 0 aliphatic carbocycles. The summed E-state index contributed by atoms with van der Waals surface area (Å²) >= 11 is 0. The van der Waals surface area contributed by atoms with Gasteiger partial charge in [0.15, 0.2) is 5.69 Å². The number of carboxylic acid groups (broad SMARTS) is 1. The number of benzene rings is 1. The van der Waals surface area contributed by atoms with Gasteiger partial charge in [-0.25, -0.2) is 23.5 Å². The van der Waals surface area contributed by atoms with Crippen molar-refractivity contribution in [3.63, 3.8) is 0 Å². The fourth-order valence-electron chi connectivity index (χ4n) is 2.50. The van der Waals surface area contributed by atoms with E-state index in [2.05, 4.69) is 9.97 Å². The lowest BCUT2D eigenvalue weighted by atomic mass is 10.2. The molecule has 1 fully saturated rings. The molecule has 0 atom stereocenters. The zero-order valence-electron chi connectivity index (χ0n) is 12.1. The first-order valence-corrected chi connectivity index (χ1v) is 7.05. The van der Waals surface area contributed by atoms with Crippen molar-refractivity contribution in [2.45, 2.75) is 0 Å². The molecule has 1 aromatic carbocycles. The van der Waals surface area contributed by atoms with Gasteiger partial charge in [-0.1, -0.05) is 0 Å². The topological polar surface area (TPSA) is 69.6 Å². The van der Waals surface area contributed by atoms with Crippen LogP contribution in [0, 0.1) is 11.6 Å². The second-order valence-corrected chi connectivity index (χ2v) is 5.13. The third-order valence-electron chi connectivity index (χ3n) is 3.71. The quantitative estimate of drug-likeness (QED) is 0.930. The van der Waals surface area contributed by atoms with Crippen molar-refractivity contribution in [3.05, 3.63) is 47.9 Å². The summed E-state index contributed by atoms with van der Waals surface area (Å²) in [7, 11) is 0.